The maximum absolute atomic E-state index is 13.7. The van der Waals surface area contributed by atoms with Gasteiger partial charge >= 0.3 is 0 Å². The molecule has 1 aromatic heterocycles. The fraction of sp³-hybridized carbons (Fsp3) is 0.370. The van der Waals surface area contributed by atoms with E-state index in [9.17, 15) is 8.42 Å². The molecule has 0 radical (unpaired) electrons. The molecule has 0 N–H and O–H groups in total. The topological polar surface area (TPSA) is 72.0 Å². The highest BCUT2D eigenvalue weighted by Gasteiger charge is 2.34. The maximum Gasteiger partial charge on any atom is 0.243 e. The van der Waals surface area contributed by atoms with E-state index in [-0.39, 0.29) is 11.0 Å². The number of pyridine rings is 1. The van der Waals surface area contributed by atoms with Gasteiger partial charge in [0.05, 0.1) is 35.5 Å². The second-order valence-corrected chi connectivity index (χ2v) is 11.5. The molecule has 4 heterocycles. The third-order valence-electron chi connectivity index (χ3n) is 7.26. The SMILES string of the molecule is CC1Cc2c(-c3ccccc3)nc3c(c2CO1)CN(S(=O)(=O)c1ccc2c(c1)OCCN2C)CC3. The van der Waals surface area contributed by atoms with Gasteiger partial charge in [0.2, 0.25) is 10.0 Å². The number of ether oxygens (including phenoxy) is 2. The molecule has 1 atom stereocenters. The summed E-state index contributed by atoms with van der Waals surface area (Å²) in [6.07, 6.45) is 1.44. The van der Waals surface area contributed by atoms with Crippen LogP contribution in [0.5, 0.6) is 5.75 Å². The summed E-state index contributed by atoms with van der Waals surface area (Å²) in [6, 6.07) is 15.4. The van der Waals surface area contributed by atoms with Crippen molar-refractivity contribution in [2.45, 2.75) is 43.9 Å². The second kappa shape index (κ2) is 8.62. The fourth-order valence-corrected chi connectivity index (χ4v) is 6.73. The second-order valence-electron chi connectivity index (χ2n) is 9.52. The summed E-state index contributed by atoms with van der Waals surface area (Å²) < 4.78 is 40.7. The molecule has 0 aliphatic carbocycles. The van der Waals surface area contributed by atoms with Crippen molar-refractivity contribution in [1.82, 2.24) is 9.29 Å². The zero-order valence-electron chi connectivity index (χ0n) is 20.0. The lowest BCUT2D eigenvalue weighted by molar-refractivity contribution is 0.0400. The number of likely N-dealkylation sites (N-methyl/N-ethyl adjacent to an activating group) is 1. The molecule has 6 rings (SSSR count). The van der Waals surface area contributed by atoms with Crippen LogP contribution < -0.4 is 9.64 Å². The Kier molecular flexibility index (Phi) is 5.55. The van der Waals surface area contributed by atoms with E-state index in [2.05, 4.69) is 24.0 Å². The molecule has 0 spiro atoms. The summed E-state index contributed by atoms with van der Waals surface area (Å²) in [7, 11) is -1.70. The molecule has 0 fully saturated rings. The van der Waals surface area contributed by atoms with Crippen molar-refractivity contribution in [2.24, 2.45) is 0 Å². The Bertz CT molecular complexity index is 1390. The van der Waals surface area contributed by atoms with Crippen molar-refractivity contribution < 1.29 is 17.9 Å². The average Bonchev–Trinajstić information content (AvgIpc) is 2.88. The third kappa shape index (κ3) is 3.90. The van der Waals surface area contributed by atoms with Gasteiger partial charge in [-0.3, -0.25) is 4.98 Å². The van der Waals surface area contributed by atoms with Crippen LogP contribution in [-0.4, -0.2) is 50.6 Å². The molecule has 0 amide bonds. The zero-order valence-corrected chi connectivity index (χ0v) is 20.8. The molecule has 182 valence electrons. The number of aromatic nitrogens is 1. The normalized spacial score (nSPS) is 19.9. The smallest absolute Gasteiger partial charge is 0.243 e. The molecule has 7 nitrogen and oxygen atoms in total. The van der Waals surface area contributed by atoms with Gasteiger partial charge < -0.3 is 14.4 Å². The first kappa shape index (κ1) is 22.5. The van der Waals surface area contributed by atoms with Crippen LogP contribution in [0.1, 0.15) is 29.3 Å². The maximum atomic E-state index is 13.7. The highest BCUT2D eigenvalue weighted by molar-refractivity contribution is 7.89. The first-order valence-electron chi connectivity index (χ1n) is 12.1. The van der Waals surface area contributed by atoms with E-state index < -0.39 is 10.0 Å². The van der Waals surface area contributed by atoms with Crippen LogP contribution >= 0.6 is 0 Å². The van der Waals surface area contributed by atoms with Crippen LogP contribution in [0, 0.1) is 0 Å². The molecule has 3 aliphatic heterocycles. The van der Waals surface area contributed by atoms with Gasteiger partial charge in [0.1, 0.15) is 12.4 Å². The molecule has 0 saturated carbocycles. The summed E-state index contributed by atoms with van der Waals surface area (Å²) in [5.74, 6) is 0.617. The molecule has 35 heavy (non-hydrogen) atoms. The summed E-state index contributed by atoms with van der Waals surface area (Å²) in [4.78, 5) is 7.43. The standard InChI is InChI=1S/C27H29N3O4S/c1-18-14-21-23(17-34-18)22-16-30(11-10-24(22)28-27(21)19-6-4-3-5-7-19)35(31,32)20-8-9-25-26(15-20)33-13-12-29(25)2/h3-9,15,18H,10-14,16-17H2,1-2H3. The van der Waals surface area contributed by atoms with Gasteiger partial charge in [0.25, 0.3) is 0 Å². The van der Waals surface area contributed by atoms with Crippen molar-refractivity contribution in [1.29, 1.82) is 0 Å². The Morgan fingerprint density at radius 1 is 1.03 bits per heavy atom. The summed E-state index contributed by atoms with van der Waals surface area (Å²) >= 11 is 0. The van der Waals surface area contributed by atoms with E-state index in [0.717, 1.165) is 46.7 Å². The Labute approximate surface area is 206 Å². The van der Waals surface area contributed by atoms with Gasteiger partial charge in [-0.05, 0) is 35.7 Å². The van der Waals surface area contributed by atoms with E-state index in [4.69, 9.17) is 14.5 Å². The number of hydrogen-bond acceptors (Lipinski definition) is 6. The van der Waals surface area contributed by atoms with Crippen LogP contribution in [-0.2, 0) is 40.8 Å². The highest BCUT2D eigenvalue weighted by atomic mass is 32.2. The van der Waals surface area contributed by atoms with Crippen LogP contribution in [0.4, 0.5) is 5.69 Å². The van der Waals surface area contributed by atoms with E-state index >= 15 is 0 Å². The molecule has 0 saturated heterocycles. The monoisotopic (exact) mass is 491 g/mol. The quantitative estimate of drug-likeness (QED) is 0.555. The molecule has 8 heteroatoms. The minimum atomic E-state index is -3.69. The molecule has 3 aromatic rings. The highest BCUT2D eigenvalue weighted by Crippen LogP contribution is 2.38. The minimum absolute atomic E-state index is 0.0989. The average molecular weight is 492 g/mol. The molecule has 0 bridgehead atoms. The molecular weight excluding hydrogens is 462 g/mol. The van der Waals surface area contributed by atoms with Crippen molar-refractivity contribution in [3.05, 3.63) is 70.9 Å². The largest absolute Gasteiger partial charge is 0.490 e. The van der Waals surface area contributed by atoms with E-state index in [1.54, 1.807) is 16.4 Å². The number of fused-ring (bicyclic) bond motifs is 4. The van der Waals surface area contributed by atoms with Gasteiger partial charge in [0.15, 0.2) is 0 Å². The molecular formula is C27H29N3O4S. The Hall–Kier alpha value is -2.94. The summed E-state index contributed by atoms with van der Waals surface area (Å²) in [5, 5.41) is 0. The van der Waals surface area contributed by atoms with E-state index in [1.807, 2.05) is 31.3 Å². The first-order valence-corrected chi connectivity index (χ1v) is 13.5. The number of hydrogen-bond donors (Lipinski definition) is 0. The molecule has 3 aliphatic rings. The van der Waals surface area contributed by atoms with Crippen molar-refractivity contribution >= 4 is 15.7 Å². The number of nitrogens with zero attached hydrogens (tertiary/aromatic N) is 3. The number of anilines is 1. The lowest BCUT2D eigenvalue weighted by atomic mass is 9.89. The minimum Gasteiger partial charge on any atom is -0.490 e. The van der Waals surface area contributed by atoms with Crippen molar-refractivity contribution in [2.75, 3.05) is 31.6 Å². The van der Waals surface area contributed by atoms with Crippen LogP contribution in [0.15, 0.2) is 53.4 Å². The lowest BCUT2D eigenvalue weighted by Crippen LogP contribution is -2.38. The summed E-state index contributed by atoms with van der Waals surface area (Å²) in [5.41, 5.74) is 7.26. The van der Waals surface area contributed by atoms with Gasteiger partial charge in [0, 0.05) is 50.3 Å². The Morgan fingerprint density at radius 2 is 1.86 bits per heavy atom. The summed E-state index contributed by atoms with van der Waals surface area (Å²) in [6.45, 7) is 4.58. The van der Waals surface area contributed by atoms with Crippen molar-refractivity contribution in [3.8, 4) is 17.0 Å². The molecule has 2 aromatic carbocycles. The van der Waals surface area contributed by atoms with E-state index in [1.165, 1.54) is 5.56 Å². The van der Waals surface area contributed by atoms with Gasteiger partial charge in [-0.1, -0.05) is 30.3 Å². The van der Waals surface area contributed by atoms with Gasteiger partial charge in [-0.15, -0.1) is 0 Å². The number of rotatable bonds is 3. The van der Waals surface area contributed by atoms with E-state index in [0.29, 0.717) is 38.5 Å². The number of benzene rings is 2. The van der Waals surface area contributed by atoms with Crippen LogP contribution in [0.25, 0.3) is 11.3 Å². The predicted octanol–water partition coefficient (Wildman–Crippen LogP) is 3.79. The fourth-order valence-electron chi connectivity index (χ4n) is 5.30. The van der Waals surface area contributed by atoms with Gasteiger partial charge in [-0.25, -0.2) is 8.42 Å². The Morgan fingerprint density at radius 3 is 2.69 bits per heavy atom. The van der Waals surface area contributed by atoms with Crippen LogP contribution in [0.2, 0.25) is 0 Å². The third-order valence-corrected chi connectivity index (χ3v) is 9.10. The Balaban J connectivity index is 1.38. The number of sulfonamides is 1. The van der Waals surface area contributed by atoms with Crippen LogP contribution in [0.3, 0.4) is 0 Å². The predicted molar refractivity (Wildman–Crippen MR) is 134 cm³/mol. The lowest BCUT2D eigenvalue weighted by Gasteiger charge is -2.34. The van der Waals surface area contributed by atoms with Crippen molar-refractivity contribution in [3.63, 3.8) is 0 Å². The van der Waals surface area contributed by atoms with Gasteiger partial charge in [-0.2, -0.15) is 4.31 Å². The zero-order chi connectivity index (χ0) is 24.2. The first-order chi connectivity index (χ1) is 16.9. The molecule has 1 unspecified atom stereocenters.